The average Bonchev–Trinajstić information content (AvgIpc) is 2.48. The first-order chi connectivity index (χ1) is 9.33. The van der Waals surface area contributed by atoms with Crippen LogP contribution in [0, 0.1) is 0 Å². The molecule has 1 aromatic carbocycles. The predicted octanol–water partition coefficient (Wildman–Crippen LogP) is 2.37. The Kier molecular flexibility index (Phi) is 3.42. The van der Waals surface area contributed by atoms with Gasteiger partial charge in [0.1, 0.15) is 5.69 Å². The monoisotopic (exact) mass is 255 g/mol. The number of fused-ring (bicyclic) bond motifs is 1. The lowest BCUT2D eigenvalue weighted by Crippen LogP contribution is -2.45. The van der Waals surface area contributed by atoms with Crippen molar-refractivity contribution in [1.82, 2.24) is 15.4 Å². The third-order valence-electron chi connectivity index (χ3n) is 3.45. The maximum Gasteiger partial charge on any atom is 0.284 e. The Morgan fingerprint density at radius 3 is 2.68 bits per heavy atom. The molecule has 1 aromatic heterocycles. The molecule has 0 unspecified atom stereocenters. The minimum absolute atomic E-state index is 0.118. The lowest BCUT2D eigenvalue weighted by molar-refractivity contribution is 0.0745. The topological polar surface area (TPSA) is 45.2 Å². The van der Waals surface area contributed by atoms with Gasteiger partial charge in [0, 0.05) is 18.5 Å². The fraction of sp³-hybridized carbons (Fsp3) is 0.333. The summed E-state index contributed by atoms with van der Waals surface area (Å²) >= 11 is 0. The van der Waals surface area contributed by atoms with E-state index in [1.807, 2.05) is 35.3 Å². The van der Waals surface area contributed by atoms with Crippen LogP contribution < -0.4 is 5.43 Å². The maximum absolute atomic E-state index is 12.1. The molecule has 19 heavy (non-hydrogen) atoms. The first kappa shape index (κ1) is 12.1. The number of pyridine rings is 1. The number of carbonyl (C=O) groups excluding carboxylic acids is 1. The van der Waals surface area contributed by atoms with Crippen molar-refractivity contribution >= 4 is 16.8 Å². The molecule has 0 atom stereocenters. The van der Waals surface area contributed by atoms with Gasteiger partial charge in [-0.15, -0.1) is 0 Å². The number of piperidine rings is 1. The number of hydrogen-bond donors (Lipinski definition) is 1. The molecule has 4 heteroatoms. The van der Waals surface area contributed by atoms with Crippen LogP contribution in [0.2, 0.25) is 0 Å². The molecule has 98 valence electrons. The summed E-state index contributed by atoms with van der Waals surface area (Å²) in [7, 11) is 0. The van der Waals surface area contributed by atoms with Crippen LogP contribution >= 0.6 is 0 Å². The van der Waals surface area contributed by atoms with Gasteiger partial charge in [0.05, 0.1) is 5.52 Å². The van der Waals surface area contributed by atoms with Gasteiger partial charge in [-0.2, -0.15) is 0 Å². The third-order valence-corrected chi connectivity index (χ3v) is 3.45. The van der Waals surface area contributed by atoms with Gasteiger partial charge in [-0.05, 0) is 25.0 Å². The van der Waals surface area contributed by atoms with Crippen molar-refractivity contribution in [3.05, 3.63) is 42.1 Å². The van der Waals surface area contributed by atoms with E-state index in [1.54, 1.807) is 6.07 Å². The highest BCUT2D eigenvalue weighted by Gasteiger charge is 2.14. The van der Waals surface area contributed by atoms with E-state index in [1.165, 1.54) is 6.42 Å². The van der Waals surface area contributed by atoms with Crippen molar-refractivity contribution in [2.75, 3.05) is 13.1 Å². The van der Waals surface area contributed by atoms with Crippen LogP contribution in [0.15, 0.2) is 36.4 Å². The summed E-state index contributed by atoms with van der Waals surface area (Å²) in [6, 6.07) is 11.5. The Labute approximate surface area is 112 Å². The summed E-state index contributed by atoms with van der Waals surface area (Å²) in [6.07, 6.45) is 3.54. The largest absolute Gasteiger partial charge is 0.284 e. The fourth-order valence-electron chi connectivity index (χ4n) is 2.40. The highest BCUT2D eigenvalue weighted by Crippen LogP contribution is 2.12. The van der Waals surface area contributed by atoms with Crippen LogP contribution in [-0.2, 0) is 0 Å². The molecule has 4 nitrogen and oxygen atoms in total. The molecule has 2 heterocycles. The van der Waals surface area contributed by atoms with Gasteiger partial charge in [-0.1, -0.05) is 30.7 Å². The van der Waals surface area contributed by atoms with E-state index >= 15 is 0 Å². The zero-order valence-corrected chi connectivity index (χ0v) is 10.8. The second-order valence-electron chi connectivity index (χ2n) is 4.88. The van der Waals surface area contributed by atoms with Crippen LogP contribution in [0.3, 0.4) is 0 Å². The van der Waals surface area contributed by atoms with Crippen molar-refractivity contribution in [3.8, 4) is 0 Å². The molecule has 3 rings (SSSR count). The average molecular weight is 255 g/mol. The molecule has 0 radical (unpaired) electrons. The summed E-state index contributed by atoms with van der Waals surface area (Å²) in [5.74, 6) is -0.118. The molecule has 0 aliphatic carbocycles. The number of nitrogens with one attached hydrogen (secondary N) is 1. The van der Waals surface area contributed by atoms with Gasteiger partial charge in [-0.3, -0.25) is 10.2 Å². The predicted molar refractivity (Wildman–Crippen MR) is 74.6 cm³/mol. The van der Waals surface area contributed by atoms with Crippen molar-refractivity contribution in [3.63, 3.8) is 0 Å². The standard InChI is InChI=1S/C15H17N3O/c19-15(17-18-10-4-1-5-11-18)14-9-8-12-6-2-3-7-13(12)16-14/h2-3,6-9H,1,4-5,10-11H2,(H,17,19). The van der Waals surface area contributed by atoms with Gasteiger partial charge in [-0.25, -0.2) is 9.99 Å². The number of hydrazine groups is 1. The van der Waals surface area contributed by atoms with Crippen LogP contribution in [0.25, 0.3) is 10.9 Å². The number of rotatable bonds is 2. The molecule has 1 fully saturated rings. The lowest BCUT2D eigenvalue weighted by atomic mass is 10.2. The Morgan fingerprint density at radius 1 is 1.05 bits per heavy atom. The number of hydrogen-bond acceptors (Lipinski definition) is 3. The van der Waals surface area contributed by atoms with Crippen molar-refractivity contribution < 1.29 is 4.79 Å². The van der Waals surface area contributed by atoms with Crippen molar-refractivity contribution in [1.29, 1.82) is 0 Å². The number of carbonyl (C=O) groups is 1. The van der Waals surface area contributed by atoms with E-state index in [0.29, 0.717) is 5.69 Å². The van der Waals surface area contributed by atoms with Gasteiger partial charge in [0.2, 0.25) is 0 Å². The molecule has 2 aromatic rings. The number of nitrogens with zero attached hydrogens (tertiary/aromatic N) is 2. The molecule has 0 bridgehead atoms. The molecule has 1 amide bonds. The molecule has 0 saturated carbocycles. The minimum Gasteiger partial charge on any atom is -0.283 e. The fourth-order valence-corrected chi connectivity index (χ4v) is 2.40. The van der Waals surface area contributed by atoms with Crippen molar-refractivity contribution in [2.24, 2.45) is 0 Å². The highest BCUT2D eigenvalue weighted by molar-refractivity contribution is 5.94. The summed E-state index contributed by atoms with van der Waals surface area (Å²) in [5.41, 5.74) is 4.26. The van der Waals surface area contributed by atoms with Crippen LogP contribution in [0.5, 0.6) is 0 Å². The Balaban J connectivity index is 1.77. The Morgan fingerprint density at radius 2 is 1.84 bits per heavy atom. The second kappa shape index (κ2) is 5.36. The van der Waals surface area contributed by atoms with Crippen LogP contribution in [0.1, 0.15) is 29.8 Å². The summed E-state index contributed by atoms with van der Waals surface area (Å²) < 4.78 is 0. The van der Waals surface area contributed by atoms with Gasteiger partial charge >= 0.3 is 0 Å². The van der Waals surface area contributed by atoms with Gasteiger partial charge < -0.3 is 0 Å². The quantitative estimate of drug-likeness (QED) is 0.896. The minimum atomic E-state index is -0.118. The molecule has 1 aliphatic heterocycles. The van der Waals surface area contributed by atoms with Crippen LogP contribution in [0.4, 0.5) is 0 Å². The lowest BCUT2D eigenvalue weighted by Gasteiger charge is -2.26. The number of amides is 1. The number of para-hydroxylation sites is 1. The molecular formula is C15H17N3O. The van der Waals surface area contributed by atoms with Gasteiger partial charge in [0.15, 0.2) is 0 Å². The first-order valence-corrected chi connectivity index (χ1v) is 6.75. The molecule has 1 aliphatic rings. The van der Waals surface area contributed by atoms with Crippen LogP contribution in [-0.4, -0.2) is 29.0 Å². The van der Waals surface area contributed by atoms with E-state index < -0.39 is 0 Å². The van der Waals surface area contributed by atoms with E-state index in [9.17, 15) is 4.79 Å². The van der Waals surface area contributed by atoms with E-state index in [0.717, 1.165) is 36.8 Å². The molecule has 1 saturated heterocycles. The van der Waals surface area contributed by atoms with E-state index in [2.05, 4.69) is 10.4 Å². The molecule has 0 spiro atoms. The number of benzene rings is 1. The zero-order valence-electron chi connectivity index (χ0n) is 10.8. The summed E-state index contributed by atoms with van der Waals surface area (Å²) in [6.45, 7) is 1.86. The maximum atomic E-state index is 12.1. The Hall–Kier alpha value is -1.94. The van der Waals surface area contributed by atoms with Crippen molar-refractivity contribution in [2.45, 2.75) is 19.3 Å². The first-order valence-electron chi connectivity index (χ1n) is 6.75. The van der Waals surface area contributed by atoms with E-state index in [-0.39, 0.29) is 5.91 Å². The van der Waals surface area contributed by atoms with Gasteiger partial charge in [0.25, 0.3) is 5.91 Å². The smallest absolute Gasteiger partial charge is 0.283 e. The zero-order chi connectivity index (χ0) is 13.1. The molecule has 1 N–H and O–H groups in total. The highest BCUT2D eigenvalue weighted by atomic mass is 16.2. The SMILES string of the molecule is O=C(NN1CCCCC1)c1ccc2ccccc2n1. The second-order valence-corrected chi connectivity index (χ2v) is 4.88. The Bertz CT molecular complexity index is 591. The third kappa shape index (κ3) is 2.74. The normalized spacial score (nSPS) is 16.4. The number of aromatic nitrogens is 1. The summed E-state index contributed by atoms with van der Waals surface area (Å²) in [4.78, 5) is 16.5. The molecular weight excluding hydrogens is 238 g/mol. The van der Waals surface area contributed by atoms with E-state index in [4.69, 9.17) is 0 Å². The summed E-state index contributed by atoms with van der Waals surface area (Å²) in [5, 5.41) is 3.04.